The quantitative estimate of drug-likeness (QED) is 0.565. The minimum Gasteiger partial charge on any atom is -0.457 e. The molecule has 74 valence electrons. The molecule has 2 heterocycles. The normalized spacial score (nSPS) is 43.2. The molecule has 0 spiro atoms. The summed E-state index contributed by atoms with van der Waals surface area (Å²) in [6.45, 7) is 4.48. The lowest BCUT2D eigenvalue weighted by atomic mass is 9.90. The van der Waals surface area contributed by atoms with Crippen molar-refractivity contribution in [1.82, 2.24) is 0 Å². The van der Waals surface area contributed by atoms with Gasteiger partial charge in [0.15, 0.2) is 6.29 Å². The molecular formula is C9H14O4. The van der Waals surface area contributed by atoms with Gasteiger partial charge in [0.2, 0.25) is 0 Å². The lowest BCUT2D eigenvalue weighted by Gasteiger charge is -2.27. The SMILES string of the molecule is CC(=O)O[C@@]1(C)COC2OCCC21. The van der Waals surface area contributed by atoms with E-state index < -0.39 is 5.60 Å². The van der Waals surface area contributed by atoms with Crippen LogP contribution in [0.5, 0.6) is 0 Å². The van der Waals surface area contributed by atoms with Crippen LogP contribution >= 0.6 is 0 Å². The second-order valence-corrected chi connectivity index (χ2v) is 3.85. The topological polar surface area (TPSA) is 44.8 Å². The first-order valence-corrected chi connectivity index (χ1v) is 4.54. The molecule has 2 rings (SSSR count). The second-order valence-electron chi connectivity index (χ2n) is 3.85. The minimum absolute atomic E-state index is 0.163. The van der Waals surface area contributed by atoms with Gasteiger partial charge in [-0.25, -0.2) is 0 Å². The highest BCUT2D eigenvalue weighted by Gasteiger charge is 2.52. The molecule has 4 nitrogen and oxygen atoms in total. The van der Waals surface area contributed by atoms with Gasteiger partial charge < -0.3 is 14.2 Å². The third-order valence-electron chi connectivity index (χ3n) is 2.73. The average Bonchev–Trinajstić information content (AvgIpc) is 2.54. The third-order valence-corrected chi connectivity index (χ3v) is 2.73. The van der Waals surface area contributed by atoms with Gasteiger partial charge >= 0.3 is 5.97 Å². The summed E-state index contributed by atoms with van der Waals surface area (Å²) in [6, 6.07) is 0. The van der Waals surface area contributed by atoms with Gasteiger partial charge in [-0.1, -0.05) is 0 Å². The monoisotopic (exact) mass is 186 g/mol. The molecule has 2 saturated heterocycles. The Morgan fingerprint density at radius 1 is 1.54 bits per heavy atom. The molecule has 2 fully saturated rings. The summed E-state index contributed by atoms with van der Waals surface area (Å²) < 4.78 is 16.0. The highest BCUT2D eigenvalue weighted by molar-refractivity contribution is 5.66. The number of rotatable bonds is 1. The van der Waals surface area contributed by atoms with Crippen LogP contribution in [0.4, 0.5) is 0 Å². The zero-order valence-corrected chi connectivity index (χ0v) is 7.91. The molecular weight excluding hydrogens is 172 g/mol. The fourth-order valence-corrected chi connectivity index (χ4v) is 2.11. The van der Waals surface area contributed by atoms with E-state index in [9.17, 15) is 4.79 Å². The van der Waals surface area contributed by atoms with E-state index in [0.29, 0.717) is 13.2 Å². The van der Waals surface area contributed by atoms with E-state index in [4.69, 9.17) is 14.2 Å². The Balaban J connectivity index is 2.09. The fourth-order valence-electron chi connectivity index (χ4n) is 2.11. The maximum absolute atomic E-state index is 10.9. The van der Waals surface area contributed by atoms with E-state index in [1.54, 1.807) is 0 Å². The largest absolute Gasteiger partial charge is 0.457 e. The lowest BCUT2D eigenvalue weighted by molar-refractivity contribution is -0.158. The van der Waals surface area contributed by atoms with Crippen molar-refractivity contribution >= 4 is 5.97 Å². The summed E-state index contributed by atoms with van der Waals surface area (Å²) in [5.41, 5.74) is -0.479. The third kappa shape index (κ3) is 1.44. The smallest absolute Gasteiger partial charge is 0.303 e. The molecule has 0 aromatic rings. The van der Waals surface area contributed by atoms with E-state index in [-0.39, 0.29) is 18.2 Å². The summed E-state index contributed by atoms with van der Waals surface area (Å²) in [6.07, 6.45) is 0.749. The van der Waals surface area contributed by atoms with Crippen molar-refractivity contribution in [3.05, 3.63) is 0 Å². The number of hydrogen-bond donors (Lipinski definition) is 0. The highest BCUT2D eigenvalue weighted by Crippen LogP contribution is 2.40. The van der Waals surface area contributed by atoms with Crippen molar-refractivity contribution in [2.75, 3.05) is 13.2 Å². The van der Waals surface area contributed by atoms with Crippen LogP contribution in [-0.4, -0.2) is 31.1 Å². The maximum atomic E-state index is 10.9. The molecule has 0 bridgehead atoms. The Kier molecular flexibility index (Phi) is 2.04. The van der Waals surface area contributed by atoms with Crippen molar-refractivity contribution in [2.45, 2.75) is 32.2 Å². The van der Waals surface area contributed by atoms with Crippen LogP contribution in [0.25, 0.3) is 0 Å². The van der Waals surface area contributed by atoms with Gasteiger partial charge in [-0.15, -0.1) is 0 Å². The lowest BCUT2D eigenvalue weighted by Crippen LogP contribution is -2.38. The van der Waals surface area contributed by atoms with Crippen molar-refractivity contribution in [3.63, 3.8) is 0 Å². The number of fused-ring (bicyclic) bond motifs is 1. The number of carbonyl (C=O) groups excluding carboxylic acids is 1. The van der Waals surface area contributed by atoms with Gasteiger partial charge in [-0.05, 0) is 13.3 Å². The van der Waals surface area contributed by atoms with Gasteiger partial charge in [0.25, 0.3) is 0 Å². The predicted molar refractivity (Wildman–Crippen MR) is 44.0 cm³/mol. The number of ether oxygens (including phenoxy) is 3. The van der Waals surface area contributed by atoms with Crippen LogP contribution in [0.15, 0.2) is 0 Å². The summed E-state index contributed by atoms with van der Waals surface area (Å²) in [4.78, 5) is 10.9. The summed E-state index contributed by atoms with van der Waals surface area (Å²) in [5, 5.41) is 0. The fraction of sp³-hybridized carbons (Fsp3) is 0.889. The van der Waals surface area contributed by atoms with Crippen molar-refractivity contribution < 1.29 is 19.0 Å². The first-order chi connectivity index (χ1) is 6.12. The Morgan fingerprint density at radius 3 is 3.00 bits per heavy atom. The van der Waals surface area contributed by atoms with Gasteiger partial charge in [0, 0.05) is 6.92 Å². The summed E-state index contributed by atoms with van der Waals surface area (Å²) in [7, 11) is 0. The molecule has 2 aliphatic rings. The Labute approximate surface area is 77.1 Å². The van der Waals surface area contributed by atoms with Gasteiger partial charge in [0.05, 0.1) is 19.1 Å². The van der Waals surface area contributed by atoms with Crippen LogP contribution < -0.4 is 0 Å². The molecule has 2 unspecified atom stereocenters. The number of carbonyl (C=O) groups is 1. The van der Waals surface area contributed by atoms with E-state index in [2.05, 4.69) is 0 Å². The first-order valence-electron chi connectivity index (χ1n) is 4.54. The maximum Gasteiger partial charge on any atom is 0.303 e. The molecule has 13 heavy (non-hydrogen) atoms. The first kappa shape index (κ1) is 8.97. The molecule has 0 aliphatic carbocycles. The highest BCUT2D eigenvalue weighted by atomic mass is 16.7. The van der Waals surface area contributed by atoms with Crippen LogP contribution in [0, 0.1) is 5.92 Å². The molecule has 2 aliphatic heterocycles. The van der Waals surface area contributed by atoms with Gasteiger partial charge in [-0.3, -0.25) is 4.79 Å². The molecule has 0 radical (unpaired) electrons. The van der Waals surface area contributed by atoms with E-state index in [0.717, 1.165) is 6.42 Å². The summed E-state index contributed by atoms with van der Waals surface area (Å²) >= 11 is 0. The van der Waals surface area contributed by atoms with Gasteiger partial charge in [0.1, 0.15) is 5.60 Å². The van der Waals surface area contributed by atoms with Crippen LogP contribution in [0.1, 0.15) is 20.3 Å². The average molecular weight is 186 g/mol. The zero-order valence-electron chi connectivity index (χ0n) is 7.91. The molecule has 0 amide bonds. The van der Waals surface area contributed by atoms with E-state index >= 15 is 0 Å². The number of hydrogen-bond acceptors (Lipinski definition) is 4. The molecule has 0 aromatic heterocycles. The Hall–Kier alpha value is -0.610. The summed E-state index contributed by atoms with van der Waals surface area (Å²) in [5.74, 6) is -0.0462. The van der Waals surface area contributed by atoms with Gasteiger partial charge in [-0.2, -0.15) is 0 Å². The molecule has 0 aromatic carbocycles. The minimum atomic E-state index is -0.479. The van der Waals surface area contributed by atoms with Crippen LogP contribution in [-0.2, 0) is 19.0 Å². The molecule has 4 heteroatoms. The predicted octanol–water partition coefficient (Wildman–Crippen LogP) is 0.701. The molecule has 0 N–H and O–H groups in total. The van der Waals surface area contributed by atoms with Crippen LogP contribution in [0.3, 0.4) is 0 Å². The van der Waals surface area contributed by atoms with E-state index in [1.807, 2.05) is 6.92 Å². The molecule has 3 atom stereocenters. The standard InChI is InChI=1S/C9H14O4/c1-6(10)13-9(2)5-12-8-7(9)3-4-11-8/h7-8H,3-5H2,1-2H3/t7?,8?,9-/m0/s1. The zero-order chi connectivity index (χ0) is 9.47. The number of esters is 1. The van der Waals surface area contributed by atoms with Crippen LogP contribution in [0.2, 0.25) is 0 Å². The Bertz CT molecular complexity index is 228. The van der Waals surface area contributed by atoms with E-state index in [1.165, 1.54) is 6.92 Å². The van der Waals surface area contributed by atoms with Crippen molar-refractivity contribution in [1.29, 1.82) is 0 Å². The second kappa shape index (κ2) is 2.96. The van der Waals surface area contributed by atoms with Crippen molar-refractivity contribution in [3.8, 4) is 0 Å². The molecule has 0 saturated carbocycles. The Morgan fingerprint density at radius 2 is 2.31 bits per heavy atom. The van der Waals surface area contributed by atoms with Crippen molar-refractivity contribution in [2.24, 2.45) is 5.92 Å².